The number of para-hydroxylation sites is 2. The number of benzene rings is 2. The van der Waals surface area contributed by atoms with Crippen LogP contribution in [0.2, 0.25) is 0 Å². The van der Waals surface area contributed by atoms with E-state index >= 15 is 0 Å². The molecule has 2 amide bonds. The third kappa shape index (κ3) is 3.65. The molecule has 6 nitrogen and oxygen atoms in total. The predicted octanol–water partition coefficient (Wildman–Crippen LogP) is 4.57. The summed E-state index contributed by atoms with van der Waals surface area (Å²) in [6.07, 6.45) is 2.82. The number of hydrogen-bond acceptors (Lipinski definition) is 4. The quantitative estimate of drug-likeness (QED) is 0.840. The largest absolute Gasteiger partial charge is 0.491 e. The summed E-state index contributed by atoms with van der Waals surface area (Å²) in [5, 5.41) is 3.02. The van der Waals surface area contributed by atoms with Crippen molar-refractivity contribution in [3.63, 3.8) is 0 Å². The first-order valence-corrected chi connectivity index (χ1v) is 9.45. The number of nitrogens with zero attached hydrogens (tertiary/aromatic N) is 1. The molecule has 2 aromatic rings. The van der Waals surface area contributed by atoms with Crippen molar-refractivity contribution in [2.45, 2.75) is 32.2 Å². The van der Waals surface area contributed by atoms with Gasteiger partial charge in [-0.15, -0.1) is 0 Å². The number of anilines is 1. The third-order valence-corrected chi connectivity index (χ3v) is 4.89. The first-order chi connectivity index (χ1) is 13.3. The highest BCUT2D eigenvalue weighted by Gasteiger charge is 2.31. The summed E-state index contributed by atoms with van der Waals surface area (Å²) in [6.45, 7) is 3.66. The Morgan fingerprint density at radius 2 is 2.07 bits per heavy atom. The summed E-state index contributed by atoms with van der Waals surface area (Å²) in [7, 11) is 0. The number of urea groups is 1. The maximum atomic E-state index is 13.0. The van der Waals surface area contributed by atoms with Gasteiger partial charge in [-0.1, -0.05) is 25.1 Å². The van der Waals surface area contributed by atoms with Crippen LogP contribution in [0.1, 0.15) is 37.8 Å². The SMILES string of the molecule is CCCOc1ccccc1NC(=O)N1CCCC1c1ccc2c(c1)OCO2. The van der Waals surface area contributed by atoms with Crippen molar-refractivity contribution < 1.29 is 19.0 Å². The second kappa shape index (κ2) is 7.78. The molecule has 0 aliphatic carbocycles. The van der Waals surface area contributed by atoms with Crippen molar-refractivity contribution in [2.75, 3.05) is 25.3 Å². The molecule has 1 atom stereocenters. The van der Waals surface area contributed by atoms with Crippen LogP contribution in [-0.2, 0) is 0 Å². The van der Waals surface area contributed by atoms with Gasteiger partial charge in [-0.05, 0) is 49.1 Å². The molecule has 0 aromatic heterocycles. The van der Waals surface area contributed by atoms with E-state index in [1.54, 1.807) is 0 Å². The van der Waals surface area contributed by atoms with Crippen molar-refractivity contribution in [1.82, 2.24) is 4.90 Å². The molecule has 0 bridgehead atoms. The van der Waals surface area contributed by atoms with Crippen LogP contribution in [0.25, 0.3) is 0 Å². The van der Waals surface area contributed by atoms with E-state index in [1.807, 2.05) is 47.4 Å². The van der Waals surface area contributed by atoms with Crippen molar-refractivity contribution in [3.05, 3.63) is 48.0 Å². The van der Waals surface area contributed by atoms with Gasteiger partial charge in [0.25, 0.3) is 0 Å². The Bertz CT molecular complexity index is 824. The molecular weight excluding hydrogens is 344 g/mol. The molecular formula is C21H24N2O4. The van der Waals surface area contributed by atoms with Gasteiger partial charge >= 0.3 is 6.03 Å². The Morgan fingerprint density at radius 1 is 1.22 bits per heavy atom. The summed E-state index contributed by atoms with van der Waals surface area (Å²) in [5.74, 6) is 2.21. The van der Waals surface area contributed by atoms with E-state index in [2.05, 4.69) is 12.2 Å². The molecule has 27 heavy (non-hydrogen) atoms. The smallest absolute Gasteiger partial charge is 0.322 e. The second-order valence-corrected chi connectivity index (χ2v) is 6.74. The number of fused-ring (bicyclic) bond motifs is 1. The van der Waals surface area contributed by atoms with E-state index in [4.69, 9.17) is 14.2 Å². The Labute approximate surface area is 159 Å². The fourth-order valence-electron chi connectivity index (χ4n) is 3.57. The lowest BCUT2D eigenvalue weighted by atomic mass is 10.0. The fraction of sp³-hybridized carbons (Fsp3) is 0.381. The van der Waals surface area contributed by atoms with Crippen LogP contribution < -0.4 is 19.5 Å². The maximum Gasteiger partial charge on any atom is 0.322 e. The minimum Gasteiger partial charge on any atom is -0.491 e. The standard InChI is InChI=1S/C21H24N2O4/c1-2-12-25-18-8-4-3-6-16(18)22-21(24)23-11-5-7-17(23)15-9-10-19-20(13-15)27-14-26-19/h3-4,6,8-10,13,17H,2,5,7,11-12,14H2,1H3,(H,22,24). The Kier molecular flexibility index (Phi) is 5.05. The van der Waals surface area contributed by atoms with E-state index in [9.17, 15) is 4.79 Å². The number of nitrogens with one attached hydrogen (secondary N) is 1. The van der Waals surface area contributed by atoms with E-state index in [-0.39, 0.29) is 18.9 Å². The number of amides is 2. The summed E-state index contributed by atoms with van der Waals surface area (Å²) in [5.41, 5.74) is 1.77. The zero-order valence-electron chi connectivity index (χ0n) is 15.4. The maximum absolute atomic E-state index is 13.0. The summed E-state index contributed by atoms with van der Waals surface area (Å²) in [4.78, 5) is 14.8. The molecule has 2 aliphatic heterocycles. The topological polar surface area (TPSA) is 60.0 Å². The number of carbonyl (C=O) groups is 1. The molecule has 1 fully saturated rings. The molecule has 1 saturated heterocycles. The van der Waals surface area contributed by atoms with Gasteiger partial charge < -0.3 is 24.4 Å². The minimum atomic E-state index is -0.109. The Morgan fingerprint density at radius 3 is 2.96 bits per heavy atom. The van der Waals surface area contributed by atoms with Gasteiger partial charge in [0.2, 0.25) is 6.79 Å². The zero-order chi connectivity index (χ0) is 18.6. The molecule has 0 saturated carbocycles. The summed E-state index contributed by atoms with van der Waals surface area (Å²) < 4.78 is 16.6. The first kappa shape index (κ1) is 17.5. The van der Waals surface area contributed by atoms with Gasteiger partial charge in [0.1, 0.15) is 5.75 Å². The lowest BCUT2D eigenvalue weighted by Gasteiger charge is -2.26. The molecule has 4 rings (SSSR count). The second-order valence-electron chi connectivity index (χ2n) is 6.74. The minimum absolute atomic E-state index is 0.0308. The van der Waals surface area contributed by atoms with Crippen molar-refractivity contribution in [2.24, 2.45) is 0 Å². The van der Waals surface area contributed by atoms with Crippen LogP contribution in [0.3, 0.4) is 0 Å². The van der Waals surface area contributed by atoms with E-state index < -0.39 is 0 Å². The van der Waals surface area contributed by atoms with Gasteiger partial charge in [0.05, 0.1) is 18.3 Å². The molecule has 2 aliphatic rings. The van der Waals surface area contributed by atoms with E-state index in [1.165, 1.54) is 0 Å². The first-order valence-electron chi connectivity index (χ1n) is 9.45. The Balaban J connectivity index is 1.50. The lowest BCUT2D eigenvalue weighted by molar-refractivity contribution is 0.173. The van der Waals surface area contributed by atoms with Crippen LogP contribution >= 0.6 is 0 Å². The summed E-state index contributed by atoms with van der Waals surface area (Å²) in [6, 6.07) is 13.4. The average Bonchev–Trinajstić information content (AvgIpc) is 3.35. The predicted molar refractivity (Wildman–Crippen MR) is 102 cm³/mol. The third-order valence-electron chi connectivity index (χ3n) is 4.89. The highest BCUT2D eigenvalue weighted by atomic mass is 16.7. The number of carbonyl (C=O) groups excluding carboxylic acids is 1. The van der Waals surface area contributed by atoms with Crippen LogP contribution in [0.4, 0.5) is 10.5 Å². The Hall–Kier alpha value is -2.89. The molecule has 2 aromatic carbocycles. The van der Waals surface area contributed by atoms with Crippen LogP contribution in [-0.4, -0.2) is 30.9 Å². The highest BCUT2D eigenvalue weighted by molar-refractivity contribution is 5.91. The average molecular weight is 368 g/mol. The molecule has 0 spiro atoms. The van der Waals surface area contributed by atoms with Gasteiger partial charge in [-0.3, -0.25) is 0 Å². The molecule has 6 heteroatoms. The lowest BCUT2D eigenvalue weighted by Crippen LogP contribution is -2.34. The highest BCUT2D eigenvalue weighted by Crippen LogP contribution is 2.39. The number of ether oxygens (including phenoxy) is 3. The van der Waals surface area contributed by atoms with Gasteiger partial charge in [-0.25, -0.2) is 4.79 Å². The van der Waals surface area contributed by atoms with Crippen LogP contribution in [0, 0.1) is 0 Å². The van der Waals surface area contributed by atoms with Crippen LogP contribution in [0.5, 0.6) is 17.2 Å². The van der Waals surface area contributed by atoms with E-state index in [0.29, 0.717) is 18.0 Å². The van der Waals surface area contributed by atoms with Crippen molar-refractivity contribution in [1.29, 1.82) is 0 Å². The van der Waals surface area contributed by atoms with Gasteiger partial charge in [-0.2, -0.15) is 0 Å². The molecule has 2 heterocycles. The van der Waals surface area contributed by atoms with Crippen molar-refractivity contribution in [3.8, 4) is 17.2 Å². The number of hydrogen-bond donors (Lipinski definition) is 1. The normalized spacial score (nSPS) is 17.8. The van der Waals surface area contributed by atoms with Gasteiger partial charge in [0.15, 0.2) is 11.5 Å². The monoisotopic (exact) mass is 368 g/mol. The van der Waals surface area contributed by atoms with Gasteiger partial charge in [0, 0.05) is 6.54 Å². The molecule has 1 N–H and O–H groups in total. The number of likely N-dealkylation sites (tertiary alicyclic amines) is 1. The fourth-order valence-corrected chi connectivity index (χ4v) is 3.57. The van der Waals surface area contributed by atoms with Crippen LogP contribution in [0.15, 0.2) is 42.5 Å². The zero-order valence-corrected chi connectivity index (χ0v) is 15.4. The summed E-state index contributed by atoms with van der Waals surface area (Å²) >= 11 is 0. The van der Waals surface area contributed by atoms with E-state index in [0.717, 1.165) is 42.9 Å². The number of rotatable bonds is 5. The molecule has 0 radical (unpaired) electrons. The molecule has 142 valence electrons. The molecule has 1 unspecified atom stereocenters. The van der Waals surface area contributed by atoms with Crippen molar-refractivity contribution >= 4 is 11.7 Å².